The predicted octanol–water partition coefficient (Wildman–Crippen LogP) is 5.21. The van der Waals surface area contributed by atoms with Crippen molar-refractivity contribution < 1.29 is 29.7 Å². The average molecular weight is 410 g/mol. The van der Waals surface area contributed by atoms with Gasteiger partial charge in [-0.3, -0.25) is 9.98 Å². The SMILES string of the molecule is Cc1cccc(C=Nc2ccccc2N=Cc2cccc(C)c2O)c1O.[Zn+2]. The molecule has 3 aromatic carbocycles. The Hall–Kier alpha value is -2.78. The minimum Gasteiger partial charge on any atom is -0.507 e. The fourth-order valence-corrected chi connectivity index (χ4v) is 2.53. The van der Waals surface area contributed by atoms with Gasteiger partial charge in [0, 0.05) is 23.6 Å². The summed E-state index contributed by atoms with van der Waals surface area (Å²) < 4.78 is 0. The fourth-order valence-electron chi connectivity index (χ4n) is 2.53. The standard InChI is InChI=1S/C22H20N2O2.Zn/c1-15-7-5-9-17(21(15)25)13-23-19-11-3-4-12-20(19)24-14-18-10-6-8-16(2)22(18)26;/h3-14,25-26H,1-2H3;/q;+2. The normalized spacial score (nSPS) is 11.0. The molecule has 3 aromatic rings. The molecule has 4 nitrogen and oxygen atoms in total. The van der Waals surface area contributed by atoms with Gasteiger partial charge in [-0.2, -0.15) is 0 Å². The van der Waals surface area contributed by atoms with Crippen LogP contribution in [0, 0.1) is 13.8 Å². The Bertz CT molecular complexity index is 917. The second kappa shape index (κ2) is 9.24. The first-order valence-corrected chi connectivity index (χ1v) is 8.30. The van der Waals surface area contributed by atoms with E-state index < -0.39 is 0 Å². The number of hydrogen-bond donors (Lipinski definition) is 2. The van der Waals surface area contributed by atoms with Crippen molar-refractivity contribution in [2.45, 2.75) is 13.8 Å². The van der Waals surface area contributed by atoms with E-state index in [0.29, 0.717) is 22.5 Å². The molecular weight excluding hydrogens is 390 g/mol. The summed E-state index contributed by atoms with van der Waals surface area (Å²) in [6.45, 7) is 3.69. The number of aromatic hydroxyl groups is 2. The quantitative estimate of drug-likeness (QED) is 0.458. The van der Waals surface area contributed by atoms with E-state index in [1.54, 1.807) is 12.4 Å². The zero-order valence-corrected chi connectivity index (χ0v) is 18.4. The van der Waals surface area contributed by atoms with Crippen LogP contribution in [0.5, 0.6) is 11.5 Å². The maximum atomic E-state index is 10.1. The van der Waals surface area contributed by atoms with Gasteiger partial charge in [0.25, 0.3) is 0 Å². The van der Waals surface area contributed by atoms with E-state index in [4.69, 9.17) is 0 Å². The largest absolute Gasteiger partial charge is 2.00 e. The topological polar surface area (TPSA) is 65.2 Å². The summed E-state index contributed by atoms with van der Waals surface area (Å²) in [5, 5.41) is 20.2. The van der Waals surface area contributed by atoms with Gasteiger partial charge in [-0.05, 0) is 49.2 Å². The number of phenolic OH excluding ortho intramolecular Hbond substituents is 2. The fraction of sp³-hybridized carbons (Fsp3) is 0.0909. The van der Waals surface area contributed by atoms with Crippen LogP contribution >= 0.6 is 0 Å². The van der Waals surface area contributed by atoms with Gasteiger partial charge in [0.1, 0.15) is 11.5 Å². The second-order valence-corrected chi connectivity index (χ2v) is 6.03. The van der Waals surface area contributed by atoms with Gasteiger partial charge in [0.2, 0.25) is 0 Å². The Morgan fingerprint density at radius 3 is 1.44 bits per heavy atom. The van der Waals surface area contributed by atoms with Gasteiger partial charge >= 0.3 is 19.5 Å². The molecule has 0 aromatic heterocycles. The second-order valence-electron chi connectivity index (χ2n) is 6.03. The smallest absolute Gasteiger partial charge is 0.507 e. The van der Waals surface area contributed by atoms with Crippen LogP contribution in [0.15, 0.2) is 70.6 Å². The third-order valence-electron chi connectivity index (χ3n) is 4.11. The Labute approximate surface area is 171 Å². The molecule has 0 heterocycles. The average Bonchev–Trinajstić information content (AvgIpc) is 2.65. The molecule has 27 heavy (non-hydrogen) atoms. The van der Waals surface area contributed by atoms with Gasteiger partial charge < -0.3 is 10.2 Å². The Kier molecular flexibility index (Phi) is 7.03. The van der Waals surface area contributed by atoms with Crippen LogP contribution in [-0.2, 0) is 19.5 Å². The Morgan fingerprint density at radius 2 is 1.04 bits per heavy atom. The van der Waals surface area contributed by atoms with Crippen LogP contribution in [0.4, 0.5) is 11.4 Å². The maximum Gasteiger partial charge on any atom is 2.00 e. The first kappa shape index (κ1) is 20.5. The number of aliphatic imine (C=N–C) groups is 2. The molecule has 0 saturated heterocycles. The van der Waals surface area contributed by atoms with Crippen LogP contribution in [0.1, 0.15) is 22.3 Å². The van der Waals surface area contributed by atoms with Crippen LogP contribution < -0.4 is 0 Å². The summed E-state index contributed by atoms with van der Waals surface area (Å²) in [4.78, 5) is 8.94. The summed E-state index contributed by atoms with van der Waals surface area (Å²) >= 11 is 0. The number of benzene rings is 3. The van der Waals surface area contributed by atoms with Gasteiger partial charge in [-0.1, -0.05) is 36.4 Å². The van der Waals surface area contributed by atoms with E-state index in [1.165, 1.54) is 0 Å². The molecule has 0 aliphatic carbocycles. The molecule has 0 radical (unpaired) electrons. The summed E-state index contributed by atoms with van der Waals surface area (Å²) in [6.07, 6.45) is 3.25. The number of hydrogen-bond acceptors (Lipinski definition) is 4. The number of aryl methyl sites for hydroxylation is 2. The van der Waals surface area contributed by atoms with Crippen LogP contribution in [0.3, 0.4) is 0 Å². The van der Waals surface area contributed by atoms with Crippen LogP contribution in [0.2, 0.25) is 0 Å². The first-order chi connectivity index (χ1) is 12.6. The Morgan fingerprint density at radius 1 is 0.630 bits per heavy atom. The number of para-hydroxylation sites is 4. The third-order valence-corrected chi connectivity index (χ3v) is 4.11. The molecule has 0 amide bonds. The molecule has 130 valence electrons. The number of rotatable bonds is 4. The van der Waals surface area contributed by atoms with Gasteiger partial charge in [0.05, 0.1) is 11.4 Å². The van der Waals surface area contributed by atoms with E-state index in [2.05, 4.69) is 9.98 Å². The molecule has 0 atom stereocenters. The molecule has 5 heteroatoms. The van der Waals surface area contributed by atoms with E-state index >= 15 is 0 Å². The molecule has 0 bridgehead atoms. The van der Waals surface area contributed by atoms with Crippen LogP contribution in [-0.4, -0.2) is 22.6 Å². The van der Waals surface area contributed by atoms with E-state index in [0.717, 1.165) is 11.1 Å². The van der Waals surface area contributed by atoms with E-state index in [-0.39, 0.29) is 31.0 Å². The molecule has 0 unspecified atom stereocenters. The van der Waals surface area contributed by atoms with Crippen molar-refractivity contribution in [3.05, 3.63) is 82.9 Å². The summed E-state index contributed by atoms with van der Waals surface area (Å²) in [5.41, 5.74) is 4.26. The van der Waals surface area contributed by atoms with E-state index in [1.807, 2.05) is 74.5 Å². The van der Waals surface area contributed by atoms with Crippen molar-refractivity contribution in [3.8, 4) is 11.5 Å². The molecule has 2 N–H and O–H groups in total. The first-order valence-electron chi connectivity index (χ1n) is 8.30. The van der Waals surface area contributed by atoms with Crippen LogP contribution in [0.25, 0.3) is 0 Å². The van der Waals surface area contributed by atoms with Crippen molar-refractivity contribution in [1.82, 2.24) is 0 Å². The minimum absolute atomic E-state index is 0. The monoisotopic (exact) mass is 408 g/mol. The van der Waals surface area contributed by atoms with Crippen molar-refractivity contribution in [1.29, 1.82) is 0 Å². The predicted molar refractivity (Wildman–Crippen MR) is 107 cm³/mol. The van der Waals surface area contributed by atoms with Crippen molar-refractivity contribution in [2.75, 3.05) is 0 Å². The summed E-state index contributed by atoms with van der Waals surface area (Å²) in [5.74, 6) is 0.448. The summed E-state index contributed by atoms with van der Waals surface area (Å²) in [7, 11) is 0. The molecule has 0 aliphatic rings. The van der Waals surface area contributed by atoms with E-state index in [9.17, 15) is 10.2 Å². The number of nitrogens with zero attached hydrogens (tertiary/aromatic N) is 2. The maximum absolute atomic E-state index is 10.1. The minimum atomic E-state index is 0. The molecule has 0 spiro atoms. The molecular formula is C22H20N2O2Zn+2. The number of phenols is 2. The Balaban J connectivity index is 0.00000261. The van der Waals surface area contributed by atoms with Crippen molar-refractivity contribution in [3.63, 3.8) is 0 Å². The van der Waals surface area contributed by atoms with Gasteiger partial charge in [-0.25, -0.2) is 0 Å². The molecule has 0 aliphatic heterocycles. The molecule has 3 rings (SSSR count). The zero-order chi connectivity index (χ0) is 18.5. The van der Waals surface area contributed by atoms with Gasteiger partial charge in [0.15, 0.2) is 0 Å². The van der Waals surface area contributed by atoms with Crippen molar-refractivity contribution in [2.24, 2.45) is 9.98 Å². The zero-order valence-electron chi connectivity index (χ0n) is 15.4. The van der Waals surface area contributed by atoms with Gasteiger partial charge in [-0.15, -0.1) is 0 Å². The van der Waals surface area contributed by atoms with Crippen molar-refractivity contribution >= 4 is 23.8 Å². The molecule has 0 saturated carbocycles. The summed E-state index contributed by atoms with van der Waals surface area (Å²) in [6, 6.07) is 18.5. The third kappa shape index (κ3) is 4.90. The molecule has 0 fully saturated rings.